The van der Waals surface area contributed by atoms with Crippen LogP contribution in [0.2, 0.25) is 10.0 Å². The predicted octanol–water partition coefficient (Wildman–Crippen LogP) is 6.07. The number of hydrazine groups is 1. The predicted molar refractivity (Wildman–Crippen MR) is 133 cm³/mol. The molecule has 4 nitrogen and oxygen atoms in total. The minimum absolute atomic E-state index is 0.139. The first-order chi connectivity index (χ1) is 16.4. The summed E-state index contributed by atoms with van der Waals surface area (Å²) in [6.45, 7) is 1.71. The van der Waals surface area contributed by atoms with Crippen molar-refractivity contribution in [2.75, 3.05) is 18.0 Å². The van der Waals surface area contributed by atoms with Crippen molar-refractivity contribution in [2.24, 2.45) is 23.7 Å². The number of hydrogen-bond donors (Lipinski definition) is 1. The van der Waals surface area contributed by atoms with Gasteiger partial charge in [0.1, 0.15) is 5.82 Å². The number of carbonyl (C=O) groups excluding carboxylic acids is 1. The molecule has 0 aromatic heterocycles. The van der Waals surface area contributed by atoms with Crippen molar-refractivity contribution in [3.63, 3.8) is 0 Å². The van der Waals surface area contributed by atoms with E-state index in [1.807, 2.05) is 23.2 Å². The minimum Gasteiger partial charge on any atom is -0.304 e. The van der Waals surface area contributed by atoms with Gasteiger partial charge < -0.3 is 4.90 Å². The average molecular weight is 502 g/mol. The summed E-state index contributed by atoms with van der Waals surface area (Å²) in [4.78, 5) is 16.3. The lowest BCUT2D eigenvalue weighted by Gasteiger charge is -2.60. The summed E-state index contributed by atoms with van der Waals surface area (Å²) in [5, 5.41) is 3.15. The first kappa shape index (κ1) is 22.8. The second kappa shape index (κ2) is 8.77. The van der Waals surface area contributed by atoms with Crippen LogP contribution in [0.1, 0.15) is 44.1 Å². The third kappa shape index (κ3) is 4.15. The van der Waals surface area contributed by atoms with Crippen LogP contribution in [0.4, 0.5) is 10.1 Å². The van der Waals surface area contributed by atoms with E-state index in [2.05, 4.69) is 10.3 Å². The van der Waals surface area contributed by atoms with Crippen LogP contribution in [0.15, 0.2) is 42.5 Å². The first-order valence-electron chi connectivity index (χ1n) is 12.4. The molecule has 1 aliphatic heterocycles. The van der Waals surface area contributed by atoms with Crippen molar-refractivity contribution in [3.8, 4) is 0 Å². The van der Waals surface area contributed by atoms with Crippen LogP contribution in [-0.2, 0) is 11.3 Å². The molecule has 5 fully saturated rings. The number of anilines is 1. The normalized spacial score (nSPS) is 32.3. The van der Waals surface area contributed by atoms with Crippen molar-refractivity contribution < 1.29 is 9.18 Å². The van der Waals surface area contributed by atoms with Gasteiger partial charge in [-0.1, -0.05) is 35.3 Å². The largest absolute Gasteiger partial charge is 0.304 e. The summed E-state index contributed by atoms with van der Waals surface area (Å²) in [6, 6.07) is 12.2. The Morgan fingerprint density at radius 3 is 2.41 bits per heavy atom. The summed E-state index contributed by atoms with van der Waals surface area (Å²) in [6.07, 6.45) is 7.12. The second-order valence-electron chi connectivity index (χ2n) is 11.0. The van der Waals surface area contributed by atoms with Gasteiger partial charge in [-0.3, -0.25) is 10.2 Å². The summed E-state index contributed by atoms with van der Waals surface area (Å²) in [5.41, 5.74) is 4.90. The zero-order valence-electron chi connectivity index (χ0n) is 19.2. The van der Waals surface area contributed by atoms with Gasteiger partial charge in [0, 0.05) is 30.2 Å². The van der Waals surface area contributed by atoms with Crippen molar-refractivity contribution in [3.05, 3.63) is 63.9 Å². The summed E-state index contributed by atoms with van der Waals surface area (Å²) in [5.74, 6) is 1.83. The molecule has 1 N–H and O–H groups in total. The summed E-state index contributed by atoms with van der Waals surface area (Å²) < 4.78 is 13.6. The topological polar surface area (TPSA) is 35.6 Å². The molecule has 1 amide bonds. The van der Waals surface area contributed by atoms with Crippen molar-refractivity contribution in [1.82, 2.24) is 10.4 Å². The van der Waals surface area contributed by atoms with E-state index >= 15 is 0 Å². The number of benzene rings is 2. The van der Waals surface area contributed by atoms with Gasteiger partial charge in [0.05, 0.1) is 16.6 Å². The number of nitrogens with zero attached hydrogens (tertiary/aromatic N) is 2. The number of hydrogen-bond acceptors (Lipinski definition) is 3. The molecule has 1 unspecified atom stereocenters. The quantitative estimate of drug-likeness (QED) is 0.539. The second-order valence-corrected chi connectivity index (χ2v) is 11.8. The van der Waals surface area contributed by atoms with E-state index in [9.17, 15) is 9.18 Å². The van der Waals surface area contributed by atoms with Crippen molar-refractivity contribution in [1.29, 1.82) is 0 Å². The van der Waals surface area contributed by atoms with Crippen LogP contribution >= 0.6 is 23.2 Å². The molecule has 4 bridgehead atoms. The van der Waals surface area contributed by atoms with E-state index in [4.69, 9.17) is 23.2 Å². The monoisotopic (exact) mass is 501 g/mol. The van der Waals surface area contributed by atoms with E-state index in [0.29, 0.717) is 47.4 Å². The molecule has 2 aromatic carbocycles. The molecule has 1 saturated heterocycles. The molecule has 5 aliphatic rings. The molecule has 4 aliphatic carbocycles. The molecule has 7 heteroatoms. The molecule has 4 saturated carbocycles. The fourth-order valence-electron chi connectivity index (χ4n) is 7.57. The molecule has 1 heterocycles. The molecule has 7 rings (SSSR count). The minimum atomic E-state index is -0.241. The Hall–Kier alpha value is -1.66. The molecule has 1 atom stereocenters. The highest BCUT2D eigenvalue weighted by Crippen LogP contribution is 2.59. The molecule has 0 radical (unpaired) electrons. The maximum absolute atomic E-state index is 14.3. The van der Waals surface area contributed by atoms with Gasteiger partial charge in [0.2, 0.25) is 5.91 Å². The van der Waals surface area contributed by atoms with Gasteiger partial charge in [-0.15, -0.1) is 0 Å². The number of amides is 1. The molecule has 34 heavy (non-hydrogen) atoms. The van der Waals surface area contributed by atoms with E-state index in [0.717, 1.165) is 30.5 Å². The standard InChI is InChI=1S/C27H30Cl2FN3O/c28-22-4-5-25(24(29)10-22)33(27-11-18-6-19(12-27)8-20(7-18)13-27)26(34)21-14-31-32(16-21)15-17-2-1-3-23(30)9-17/h1-5,9-10,18-21,31H,6-8,11-16H2. The summed E-state index contributed by atoms with van der Waals surface area (Å²) >= 11 is 12.9. The highest BCUT2D eigenvalue weighted by atomic mass is 35.5. The zero-order valence-corrected chi connectivity index (χ0v) is 20.7. The molecular formula is C27H30Cl2FN3O. The smallest absolute Gasteiger partial charge is 0.233 e. The Labute approximate surface area is 210 Å². The van der Waals surface area contributed by atoms with Crippen molar-refractivity contribution >= 4 is 34.8 Å². The number of rotatable bonds is 5. The lowest BCUT2D eigenvalue weighted by atomic mass is 9.52. The first-order valence-corrected chi connectivity index (χ1v) is 13.2. The van der Waals surface area contributed by atoms with Gasteiger partial charge in [-0.2, -0.15) is 0 Å². The lowest BCUT2D eigenvalue weighted by Crippen LogP contribution is -2.63. The van der Waals surface area contributed by atoms with Crippen LogP contribution in [-0.4, -0.2) is 29.5 Å². The molecule has 2 aromatic rings. The van der Waals surface area contributed by atoms with Gasteiger partial charge in [-0.05, 0) is 92.2 Å². The van der Waals surface area contributed by atoms with Crippen LogP contribution in [0, 0.1) is 29.5 Å². The maximum Gasteiger partial charge on any atom is 0.233 e. The molecule has 0 spiro atoms. The Kier molecular flexibility index (Phi) is 5.88. The molecule has 180 valence electrons. The maximum atomic E-state index is 14.3. The third-order valence-corrected chi connectivity index (χ3v) is 9.00. The fourth-order valence-corrected chi connectivity index (χ4v) is 8.06. The van der Waals surface area contributed by atoms with Crippen LogP contribution in [0.5, 0.6) is 0 Å². The highest BCUT2D eigenvalue weighted by molar-refractivity contribution is 6.36. The summed E-state index contributed by atoms with van der Waals surface area (Å²) in [7, 11) is 0. The fraction of sp³-hybridized carbons (Fsp3) is 0.519. The van der Waals surface area contributed by atoms with Gasteiger partial charge >= 0.3 is 0 Å². The SMILES string of the molecule is O=C(C1CNN(Cc2cccc(F)c2)C1)N(c1ccc(Cl)cc1Cl)C12CC3CC(CC(C3)C1)C2. The van der Waals surface area contributed by atoms with Crippen molar-refractivity contribution in [2.45, 2.75) is 50.6 Å². The van der Waals surface area contributed by atoms with Gasteiger partial charge in [-0.25, -0.2) is 9.40 Å². The van der Waals surface area contributed by atoms with E-state index < -0.39 is 0 Å². The van der Waals surface area contributed by atoms with Gasteiger partial charge in [0.25, 0.3) is 0 Å². The van der Waals surface area contributed by atoms with E-state index in [-0.39, 0.29) is 23.2 Å². The number of carbonyl (C=O) groups is 1. The van der Waals surface area contributed by atoms with Gasteiger partial charge in [0.15, 0.2) is 0 Å². The van der Waals surface area contributed by atoms with Crippen LogP contribution in [0.3, 0.4) is 0 Å². The lowest BCUT2D eigenvalue weighted by molar-refractivity contribution is -0.125. The highest BCUT2D eigenvalue weighted by Gasteiger charge is 2.56. The average Bonchev–Trinajstić information content (AvgIpc) is 3.23. The Morgan fingerprint density at radius 2 is 1.76 bits per heavy atom. The Balaban J connectivity index is 1.29. The molecular weight excluding hydrogens is 472 g/mol. The Morgan fingerprint density at radius 1 is 1.06 bits per heavy atom. The third-order valence-electron chi connectivity index (χ3n) is 8.47. The van der Waals surface area contributed by atoms with Crippen LogP contribution < -0.4 is 10.3 Å². The zero-order chi connectivity index (χ0) is 23.4. The Bertz CT molecular complexity index is 1070. The number of halogens is 3. The van der Waals surface area contributed by atoms with E-state index in [1.54, 1.807) is 18.2 Å². The van der Waals surface area contributed by atoms with Crippen LogP contribution in [0.25, 0.3) is 0 Å². The number of nitrogens with one attached hydrogen (secondary N) is 1. The van der Waals surface area contributed by atoms with E-state index in [1.165, 1.54) is 25.3 Å².